The highest BCUT2D eigenvalue weighted by molar-refractivity contribution is 7.89. The molecule has 0 aliphatic heterocycles. The number of carbonyl (C=O) groups is 1. The molecular formula is C24H26N2O4S. The zero-order valence-electron chi connectivity index (χ0n) is 17.6. The summed E-state index contributed by atoms with van der Waals surface area (Å²) >= 11 is 0. The molecule has 3 aromatic rings. The van der Waals surface area contributed by atoms with E-state index in [2.05, 4.69) is 10.0 Å². The van der Waals surface area contributed by atoms with Gasteiger partial charge in [-0.15, -0.1) is 0 Å². The second kappa shape index (κ2) is 10.2. The second-order valence-corrected chi connectivity index (χ2v) is 8.97. The number of sulfonamides is 1. The Balaban J connectivity index is 1.60. The highest BCUT2D eigenvalue weighted by Gasteiger charge is 2.18. The minimum Gasteiger partial charge on any atom is -0.492 e. The summed E-state index contributed by atoms with van der Waals surface area (Å²) in [5.41, 5.74) is 2.96. The van der Waals surface area contributed by atoms with Gasteiger partial charge in [0.25, 0.3) is 5.91 Å². The minimum atomic E-state index is -3.75. The van der Waals surface area contributed by atoms with Crippen LogP contribution in [-0.2, 0) is 16.6 Å². The Morgan fingerprint density at radius 1 is 0.935 bits per heavy atom. The highest BCUT2D eigenvalue weighted by atomic mass is 32.2. The van der Waals surface area contributed by atoms with Gasteiger partial charge < -0.3 is 10.1 Å². The van der Waals surface area contributed by atoms with E-state index in [-0.39, 0.29) is 17.3 Å². The molecule has 0 atom stereocenters. The van der Waals surface area contributed by atoms with Gasteiger partial charge in [-0.3, -0.25) is 4.79 Å². The molecule has 162 valence electrons. The van der Waals surface area contributed by atoms with Crippen LogP contribution in [0.1, 0.15) is 27.0 Å². The van der Waals surface area contributed by atoms with Crippen LogP contribution < -0.4 is 14.8 Å². The highest BCUT2D eigenvalue weighted by Crippen LogP contribution is 2.16. The third-order valence-electron chi connectivity index (χ3n) is 4.72. The number of carbonyl (C=O) groups excluding carboxylic acids is 1. The maximum atomic E-state index is 12.7. The molecule has 1 amide bonds. The van der Waals surface area contributed by atoms with Gasteiger partial charge >= 0.3 is 0 Å². The Bertz CT molecular complexity index is 1150. The van der Waals surface area contributed by atoms with Crippen LogP contribution in [0.3, 0.4) is 0 Å². The van der Waals surface area contributed by atoms with Crippen LogP contribution in [0.15, 0.2) is 77.7 Å². The van der Waals surface area contributed by atoms with Crippen LogP contribution >= 0.6 is 0 Å². The van der Waals surface area contributed by atoms with Gasteiger partial charge in [0.05, 0.1) is 11.4 Å². The summed E-state index contributed by atoms with van der Waals surface area (Å²) in [5.74, 6) is 0.397. The third-order valence-corrected chi connectivity index (χ3v) is 6.12. The van der Waals surface area contributed by atoms with Gasteiger partial charge in [-0.1, -0.05) is 48.5 Å². The smallest absolute Gasteiger partial charge is 0.251 e. The van der Waals surface area contributed by atoms with Crippen molar-refractivity contribution in [2.45, 2.75) is 25.3 Å². The molecule has 0 radical (unpaired) electrons. The van der Waals surface area contributed by atoms with Crippen molar-refractivity contribution in [1.82, 2.24) is 10.0 Å². The third kappa shape index (κ3) is 6.41. The molecule has 0 aliphatic carbocycles. The van der Waals surface area contributed by atoms with E-state index in [0.717, 1.165) is 16.9 Å². The average molecular weight is 439 g/mol. The largest absolute Gasteiger partial charge is 0.492 e. The predicted octanol–water partition coefficient (Wildman–Crippen LogP) is 3.59. The molecule has 0 fully saturated rings. The van der Waals surface area contributed by atoms with Crippen molar-refractivity contribution in [3.05, 3.63) is 95.1 Å². The summed E-state index contributed by atoms with van der Waals surface area (Å²) in [7, 11) is -3.75. The Hall–Kier alpha value is -3.16. The fourth-order valence-electron chi connectivity index (χ4n) is 3.00. The molecule has 31 heavy (non-hydrogen) atoms. The van der Waals surface area contributed by atoms with Crippen LogP contribution in [0.2, 0.25) is 0 Å². The standard InChI is InChI=1S/C24H26N2O4S/c1-18-7-6-10-21(15-18)30-14-13-25-24(27)23-16-22(12-11-19(23)2)31(28,29)26-17-20-8-4-3-5-9-20/h3-12,15-16,26H,13-14,17H2,1-2H3,(H,25,27). The lowest BCUT2D eigenvalue weighted by Crippen LogP contribution is -2.29. The van der Waals surface area contributed by atoms with Crippen molar-refractivity contribution in [2.24, 2.45) is 0 Å². The first-order valence-corrected chi connectivity index (χ1v) is 11.5. The van der Waals surface area contributed by atoms with Crippen LogP contribution in [0.25, 0.3) is 0 Å². The van der Waals surface area contributed by atoms with E-state index in [4.69, 9.17) is 4.74 Å². The number of benzene rings is 3. The molecule has 3 rings (SSSR count). The number of hydrogen-bond donors (Lipinski definition) is 2. The van der Waals surface area contributed by atoms with E-state index < -0.39 is 10.0 Å². The summed E-state index contributed by atoms with van der Waals surface area (Å²) in [6.45, 7) is 4.54. The first-order valence-electron chi connectivity index (χ1n) is 9.97. The number of nitrogens with one attached hydrogen (secondary N) is 2. The second-order valence-electron chi connectivity index (χ2n) is 7.21. The molecular weight excluding hydrogens is 412 g/mol. The van der Waals surface area contributed by atoms with Crippen LogP contribution in [0, 0.1) is 13.8 Å². The van der Waals surface area contributed by atoms with Crippen molar-refractivity contribution in [3.8, 4) is 5.75 Å². The molecule has 7 heteroatoms. The molecule has 0 aliphatic rings. The fourth-order valence-corrected chi connectivity index (χ4v) is 4.05. The number of amides is 1. The van der Waals surface area contributed by atoms with Gasteiger partial charge in [-0.05, 0) is 54.8 Å². The Morgan fingerprint density at radius 3 is 2.45 bits per heavy atom. The lowest BCUT2D eigenvalue weighted by molar-refractivity contribution is 0.0946. The van der Waals surface area contributed by atoms with Crippen LogP contribution in [-0.4, -0.2) is 27.5 Å². The number of aryl methyl sites for hydroxylation is 2. The fraction of sp³-hybridized carbons (Fsp3) is 0.208. The summed E-state index contributed by atoms with van der Waals surface area (Å²) in [5, 5.41) is 2.78. The van der Waals surface area contributed by atoms with E-state index in [9.17, 15) is 13.2 Å². The Morgan fingerprint density at radius 2 is 1.71 bits per heavy atom. The Kier molecular flexibility index (Phi) is 7.44. The van der Waals surface area contributed by atoms with Crippen molar-refractivity contribution in [3.63, 3.8) is 0 Å². The Labute approximate surface area is 183 Å². The van der Waals surface area contributed by atoms with E-state index in [1.807, 2.05) is 61.5 Å². The monoisotopic (exact) mass is 438 g/mol. The minimum absolute atomic E-state index is 0.0511. The molecule has 0 aromatic heterocycles. The maximum Gasteiger partial charge on any atom is 0.251 e. The zero-order valence-corrected chi connectivity index (χ0v) is 18.4. The quantitative estimate of drug-likeness (QED) is 0.500. The SMILES string of the molecule is Cc1cccc(OCCNC(=O)c2cc(S(=O)(=O)NCc3ccccc3)ccc2C)c1. The molecule has 0 heterocycles. The lowest BCUT2D eigenvalue weighted by Gasteiger charge is -2.12. The number of hydrogen-bond acceptors (Lipinski definition) is 4. The van der Waals surface area contributed by atoms with Gasteiger partial charge in [0.1, 0.15) is 12.4 Å². The maximum absolute atomic E-state index is 12.7. The molecule has 0 saturated heterocycles. The summed E-state index contributed by atoms with van der Waals surface area (Å²) in [6, 6.07) is 21.5. The normalized spacial score (nSPS) is 11.2. The van der Waals surface area contributed by atoms with E-state index in [0.29, 0.717) is 24.3 Å². The number of ether oxygens (including phenoxy) is 1. The molecule has 0 unspecified atom stereocenters. The molecule has 0 bridgehead atoms. The van der Waals surface area contributed by atoms with Crippen LogP contribution in [0.5, 0.6) is 5.75 Å². The molecule has 6 nitrogen and oxygen atoms in total. The molecule has 2 N–H and O–H groups in total. The van der Waals surface area contributed by atoms with Crippen molar-refractivity contribution in [1.29, 1.82) is 0 Å². The summed E-state index contributed by atoms with van der Waals surface area (Å²) in [4.78, 5) is 12.7. The summed E-state index contributed by atoms with van der Waals surface area (Å²) in [6.07, 6.45) is 0. The van der Waals surface area contributed by atoms with Gasteiger partial charge in [-0.2, -0.15) is 0 Å². The van der Waals surface area contributed by atoms with Crippen molar-refractivity contribution in [2.75, 3.05) is 13.2 Å². The molecule has 0 spiro atoms. The topological polar surface area (TPSA) is 84.5 Å². The van der Waals surface area contributed by atoms with Crippen molar-refractivity contribution < 1.29 is 17.9 Å². The van der Waals surface area contributed by atoms with Gasteiger partial charge in [0.2, 0.25) is 10.0 Å². The first-order chi connectivity index (χ1) is 14.8. The zero-order chi connectivity index (χ0) is 22.3. The average Bonchev–Trinajstić information content (AvgIpc) is 2.76. The molecule has 0 saturated carbocycles. The lowest BCUT2D eigenvalue weighted by atomic mass is 10.1. The van der Waals surface area contributed by atoms with Gasteiger partial charge in [0, 0.05) is 12.1 Å². The molecule has 3 aromatic carbocycles. The van der Waals surface area contributed by atoms with Crippen molar-refractivity contribution >= 4 is 15.9 Å². The number of rotatable bonds is 9. The van der Waals surface area contributed by atoms with Gasteiger partial charge in [0.15, 0.2) is 0 Å². The van der Waals surface area contributed by atoms with E-state index in [1.54, 1.807) is 13.0 Å². The van der Waals surface area contributed by atoms with E-state index >= 15 is 0 Å². The predicted molar refractivity (Wildman–Crippen MR) is 121 cm³/mol. The first kappa shape index (κ1) is 22.5. The van der Waals surface area contributed by atoms with Gasteiger partial charge in [-0.25, -0.2) is 13.1 Å². The van der Waals surface area contributed by atoms with Crippen LogP contribution in [0.4, 0.5) is 0 Å². The summed E-state index contributed by atoms with van der Waals surface area (Å²) < 4.78 is 33.6. The van der Waals surface area contributed by atoms with E-state index in [1.165, 1.54) is 12.1 Å².